The number of rotatable bonds is 0. The topological polar surface area (TPSA) is 54.4 Å². The van der Waals surface area contributed by atoms with Gasteiger partial charge in [-0.1, -0.05) is 0 Å². The van der Waals surface area contributed by atoms with Gasteiger partial charge in [0, 0.05) is 19.5 Å². The van der Waals surface area contributed by atoms with E-state index in [4.69, 9.17) is 13.0 Å². The Morgan fingerprint density at radius 3 is 1.36 bits per heavy atom. The van der Waals surface area contributed by atoms with Crippen LogP contribution in [0.3, 0.4) is 0 Å². The van der Waals surface area contributed by atoms with Gasteiger partial charge in [0.25, 0.3) is 0 Å². The first-order chi connectivity index (χ1) is 4.25. The molecule has 0 bridgehead atoms. The minimum Gasteiger partial charge on any atom is -0.346 e. The van der Waals surface area contributed by atoms with Crippen LogP contribution in [-0.2, 0) is 29.6 Å². The van der Waals surface area contributed by atoms with E-state index in [0.717, 1.165) is 0 Å². The average molecular weight is 245 g/mol. The number of alkyl halides is 3. The summed E-state index contributed by atoms with van der Waals surface area (Å²) in [4.78, 5) is 0. The summed E-state index contributed by atoms with van der Waals surface area (Å²) in [5.74, 6) is 0. The zero-order valence-electron chi connectivity index (χ0n) is 5.72. The molecule has 0 radical (unpaired) electrons. The molecule has 0 spiro atoms. The summed E-state index contributed by atoms with van der Waals surface area (Å²) in [7, 11) is -5.84. The van der Waals surface area contributed by atoms with Crippen LogP contribution < -0.4 is 0 Å². The summed E-state index contributed by atoms with van der Waals surface area (Å²) in [6.45, 7) is 5.00. The van der Waals surface area contributed by atoms with Crippen LogP contribution in [0.4, 0.5) is 13.2 Å². The Hall–Kier alpha value is 0.323. The summed E-state index contributed by atoms with van der Waals surface area (Å²) in [5, 5.41) is 0. The maximum Gasteiger partial charge on any atom is 0.522 e. The van der Waals surface area contributed by atoms with Crippen LogP contribution in [0.2, 0.25) is 0 Å². The SMILES string of the molecule is O=S(=O)(O)C(F)(F)F.[CH2-]C.[Zn]. The molecule has 0 rings (SSSR count). The molecule has 0 aliphatic rings. The van der Waals surface area contributed by atoms with Crippen LogP contribution in [0.15, 0.2) is 0 Å². The first kappa shape index (κ1) is 17.4. The Morgan fingerprint density at radius 1 is 1.27 bits per heavy atom. The Balaban J connectivity index is -0.000000196. The second-order valence-corrected chi connectivity index (χ2v) is 2.33. The molecule has 66 valence electrons. The molecule has 0 aromatic heterocycles. The van der Waals surface area contributed by atoms with Gasteiger partial charge in [0.15, 0.2) is 0 Å². The van der Waals surface area contributed by atoms with E-state index in [0.29, 0.717) is 0 Å². The number of hydrogen-bond acceptors (Lipinski definition) is 2. The molecular formula is C3H6F3O3SZn-. The van der Waals surface area contributed by atoms with Gasteiger partial charge < -0.3 is 6.92 Å². The van der Waals surface area contributed by atoms with E-state index in [9.17, 15) is 13.2 Å². The van der Waals surface area contributed by atoms with E-state index in [1.807, 2.05) is 0 Å². The molecule has 0 saturated carbocycles. The second-order valence-electron chi connectivity index (χ2n) is 0.921. The second kappa shape index (κ2) is 5.91. The van der Waals surface area contributed by atoms with Gasteiger partial charge >= 0.3 is 15.6 Å². The Morgan fingerprint density at radius 2 is 1.36 bits per heavy atom. The van der Waals surface area contributed by atoms with Crippen molar-refractivity contribution in [2.24, 2.45) is 0 Å². The molecule has 0 fully saturated rings. The minimum absolute atomic E-state index is 0. The average Bonchev–Trinajstić information content (AvgIpc) is 1.66. The van der Waals surface area contributed by atoms with E-state index in [2.05, 4.69) is 6.92 Å². The van der Waals surface area contributed by atoms with Crippen LogP contribution in [0, 0.1) is 6.92 Å². The predicted octanol–water partition coefficient (Wildman–Crippen LogP) is 1.23. The Kier molecular flexibility index (Phi) is 9.36. The van der Waals surface area contributed by atoms with Crippen molar-refractivity contribution in [3.05, 3.63) is 6.92 Å². The quantitative estimate of drug-likeness (QED) is 0.302. The number of hydrogen-bond donors (Lipinski definition) is 1. The molecule has 0 aliphatic heterocycles. The van der Waals surface area contributed by atoms with Crippen molar-refractivity contribution in [3.8, 4) is 0 Å². The molecule has 11 heavy (non-hydrogen) atoms. The van der Waals surface area contributed by atoms with E-state index < -0.39 is 15.6 Å². The monoisotopic (exact) mass is 243 g/mol. The predicted molar refractivity (Wildman–Crippen MR) is 28.6 cm³/mol. The molecule has 0 aromatic rings. The van der Waals surface area contributed by atoms with Crippen molar-refractivity contribution >= 4 is 10.1 Å². The van der Waals surface area contributed by atoms with E-state index >= 15 is 0 Å². The largest absolute Gasteiger partial charge is 0.522 e. The molecule has 0 aromatic carbocycles. The molecule has 0 amide bonds. The molecule has 1 N–H and O–H groups in total. The molecule has 3 nitrogen and oxygen atoms in total. The van der Waals surface area contributed by atoms with Gasteiger partial charge in [0.1, 0.15) is 0 Å². The zero-order chi connectivity index (χ0) is 9.00. The van der Waals surface area contributed by atoms with Crippen LogP contribution in [-0.4, -0.2) is 18.5 Å². The third-order valence-electron chi connectivity index (χ3n) is 0.292. The molecule has 0 unspecified atom stereocenters. The minimum atomic E-state index is -5.84. The van der Waals surface area contributed by atoms with Gasteiger partial charge in [-0.15, -0.1) is 0 Å². The standard InChI is InChI=1S/C2H5.CHF3O3S.Zn/c1-2;2-1(3,4)8(5,6)7;/h1H2,2H3;(H,5,6,7);/q-1;;. The molecule has 0 atom stereocenters. The Bertz CT molecular complexity index is 173. The van der Waals surface area contributed by atoms with Crippen LogP contribution in [0.25, 0.3) is 0 Å². The van der Waals surface area contributed by atoms with Crippen LogP contribution >= 0.6 is 0 Å². The first-order valence-corrected chi connectivity index (χ1v) is 3.43. The van der Waals surface area contributed by atoms with Crippen molar-refractivity contribution in [3.63, 3.8) is 0 Å². The smallest absolute Gasteiger partial charge is 0.346 e. The van der Waals surface area contributed by atoms with E-state index in [-0.39, 0.29) is 19.5 Å². The van der Waals surface area contributed by atoms with Crippen molar-refractivity contribution in [2.45, 2.75) is 12.4 Å². The maximum atomic E-state index is 10.7. The van der Waals surface area contributed by atoms with Gasteiger partial charge in [-0.2, -0.15) is 28.5 Å². The maximum absolute atomic E-state index is 10.7. The number of halogens is 3. The molecule has 0 aliphatic carbocycles. The molecule has 0 saturated heterocycles. The Labute approximate surface area is 75.5 Å². The normalized spacial score (nSPS) is 10.7. The van der Waals surface area contributed by atoms with Crippen molar-refractivity contribution in [1.82, 2.24) is 0 Å². The van der Waals surface area contributed by atoms with Gasteiger partial charge in [-0.25, -0.2) is 0 Å². The fraction of sp³-hybridized carbons (Fsp3) is 0.667. The fourth-order valence-electron chi connectivity index (χ4n) is 0. The van der Waals surface area contributed by atoms with Crippen molar-refractivity contribution < 1.29 is 45.6 Å². The van der Waals surface area contributed by atoms with E-state index in [1.54, 1.807) is 6.92 Å². The molecule has 8 heteroatoms. The summed E-state index contributed by atoms with van der Waals surface area (Å²) in [5.41, 5.74) is -5.53. The summed E-state index contributed by atoms with van der Waals surface area (Å²) >= 11 is 0. The first-order valence-electron chi connectivity index (χ1n) is 1.99. The van der Waals surface area contributed by atoms with Gasteiger partial charge in [-0.05, 0) is 0 Å². The van der Waals surface area contributed by atoms with Gasteiger partial charge in [0.2, 0.25) is 0 Å². The zero-order valence-corrected chi connectivity index (χ0v) is 9.50. The third kappa shape index (κ3) is 8.23. The van der Waals surface area contributed by atoms with Crippen LogP contribution in [0.1, 0.15) is 6.92 Å². The summed E-state index contributed by atoms with van der Waals surface area (Å²) in [6.07, 6.45) is 0. The summed E-state index contributed by atoms with van der Waals surface area (Å²) < 4.78 is 57.5. The summed E-state index contributed by atoms with van der Waals surface area (Å²) in [6, 6.07) is 0. The van der Waals surface area contributed by atoms with Crippen LogP contribution in [0.5, 0.6) is 0 Å². The third-order valence-corrected chi connectivity index (χ3v) is 0.877. The molecule has 0 heterocycles. The van der Waals surface area contributed by atoms with Crippen molar-refractivity contribution in [1.29, 1.82) is 0 Å². The van der Waals surface area contributed by atoms with Gasteiger partial charge in [0.05, 0.1) is 0 Å². The van der Waals surface area contributed by atoms with E-state index in [1.165, 1.54) is 0 Å². The molecular weight excluding hydrogens is 238 g/mol. The van der Waals surface area contributed by atoms with Crippen molar-refractivity contribution in [2.75, 3.05) is 0 Å². The van der Waals surface area contributed by atoms with Gasteiger partial charge in [-0.3, -0.25) is 4.55 Å². The fourth-order valence-corrected chi connectivity index (χ4v) is 0.